The molecule has 1 aromatic rings. The largest absolute Gasteiger partial charge is 0.496 e. The van der Waals surface area contributed by atoms with Crippen LogP contribution in [0.3, 0.4) is 0 Å². The number of benzene rings is 1. The molecule has 1 aliphatic carbocycles. The Bertz CT molecular complexity index is 484. The lowest BCUT2D eigenvalue weighted by atomic mass is 10.0. The number of halogens is 1. The minimum Gasteiger partial charge on any atom is -0.496 e. The molecule has 1 saturated carbocycles. The first-order chi connectivity index (χ1) is 9.15. The second-order valence-corrected chi connectivity index (χ2v) is 5.91. The second-order valence-electron chi connectivity index (χ2n) is 5.06. The Labute approximate surface area is 123 Å². The molecule has 0 aliphatic heterocycles. The fourth-order valence-electron chi connectivity index (χ4n) is 2.68. The van der Waals surface area contributed by atoms with E-state index in [1.54, 1.807) is 7.11 Å². The van der Waals surface area contributed by atoms with E-state index in [1.165, 1.54) is 5.56 Å². The molecule has 1 N–H and O–H groups in total. The van der Waals surface area contributed by atoms with Crippen LogP contribution in [-0.4, -0.2) is 13.2 Å². The molecular weight excluding hydrogens is 304 g/mol. The summed E-state index contributed by atoms with van der Waals surface area (Å²) in [5, 5.41) is 12.7. The molecule has 0 aromatic heterocycles. The molecule has 0 bridgehead atoms. The van der Waals surface area contributed by atoms with Crippen LogP contribution in [0.2, 0.25) is 0 Å². The van der Waals surface area contributed by atoms with E-state index in [-0.39, 0.29) is 12.0 Å². The number of rotatable bonds is 4. The van der Waals surface area contributed by atoms with E-state index >= 15 is 0 Å². The molecule has 4 heteroatoms. The van der Waals surface area contributed by atoms with Crippen LogP contribution < -0.4 is 10.1 Å². The van der Waals surface area contributed by atoms with E-state index in [2.05, 4.69) is 46.4 Å². The molecule has 1 aliphatic rings. The predicted octanol–water partition coefficient (Wildman–Crippen LogP) is 3.80. The van der Waals surface area contributed by atoms with Crippen molar-refractivity contribution in [1.82, 2.24) is 5.32 Å². The van der Waals surface area contributed by atoms with E-state index in [4.69, 9.17) is 10.00 Å². The first-order valence-corrected chi connectivity index (χ1v) is 7.44. The molecule has 3 atom stereocenters. The monoisotopic (exact) mass is 322 g/mol. The summed E-state index contributed by atoms with van der Waals surface area (Å²) >= 11 is 3.51. The minimum atomic E-state index is 0.157. The lowest BCUT2D eigenvalue weighted by Crippen LogP contribution is -2.33. The summed E-state index contributed by atoms with van der Waals surface area (Å²) in [7, 11) is 1.66. The maximum atomic E-state index is 9.12. The van der Waals surface area contributed by atoms with Gasteiger partial charge in [0.1, 0.15) is 5.75 Å². The number of nitrogens with zero attached hydrogens (tertiary/aromatic N) is 1. The Morgan fingerprint density at radius 3 is 2.89 bits per heavy atom. The fraction of sp³-hybridized carbons (Fsp3) is 0.533. The van der Waals surface area contributed by atoms with E-state index in [0.717, 1.165) is 29.5 Å². The Morgan fingerprint density at radius 2 is 2.26 bits per heavy atom. The van der Waals surface area contributed by atoms with Gasteiger partial charge in [0.05, 0.1) is 23.6 Å². The third kappa shape index (κ3) is 3.29. The van der Waals surface area contributed by atoms with Crippen molar-refractivity contribution in [2.45, 2.75) is 38.3 Å². The molecule has 3 nitrogen and oxygen atoms in total. The van der Waals surface area contributed by atoms with Crippen LogP contribution in [0, 0.1) is 17.2 Å². The highest BCUT2D eigenvalue weighted by atomic mass is 79.9. The van der Waals surface area contributed by atoms with Gasteiger partial charge in [-0.3, -0.25) is 0 Å². The van der Waals surface area contributed by atoms with Crippen LogP contribution in [0.15, 0.2) is 22.7 Å². The molecule has 102 valence electrons. The van der Waals surface area contributed by atoms with Gasteiger partial charge < -0.3 is 10.1 Å². The zero-order chi connectivity index (χ0) is 13.8. The standard InChI is InChI=1S/C15H19BrN2O/c1-10(18-14-5-3-4-12(14)9-17)11-6-7-15(19-2)13(16)8-11/h6-8,10,12,14,18H,3-5H2,1-2H3. The number of nitriles is 1. The summed E-state index contributed by atoms with van der Waals surface area (Å²) in [5.41, 5.74) is 1.20. The minimum absolute atomic E-state index is 0.157. The van der Waals surface area contributed by atoms with Gasteiger partial charge in [-0.15, -0.1) is 0 Å². The highest BCUT2D eigenvalue weighted by Gasteiger charge is 2.28. The molecule has 19 heavy (non-hydrogen) atoms. The second kappa shape index (κ2) is 6.40. The van der Waals surface area contributed by atoms with Gasteiger partial charge >= 0.3 is 0 Å². The summed E-state index contributed by atoms with van der Waals surface area (Å²) < 4.78 is 6.20. The Hall–Kier alpha value is -1.05. The average Bonchev–Trinajstić information content (AvgIpc) is 2.85. The van der Waals surface area contributed by atoms with Crippen molar-refractivity contribution < 1.29 is 4.74 Å². The molecule has 2 rings (SSSR count). The molecule has 0 heterocycles. The Morgan fingerprint density at radius 1 is 1.47 bits per heavy atom. The third-order valence-electron chi connectivity index (χ3n) is 3.82. The summed E-state index contributed by atoms with van der Waals surface area (Å²) in [6.07, 6.45) is 3.27. The molecule has 0 spiro atoms. The fourth-order valence-corrected chi connectivity index (χ4v) is 3.24. The third-order valence-corrected chi connectivity index (χ3v) is 4.44. The highest BCUT2D eigenvalue weighted by Crippen LogP contribution is 2.30. The highest BCUT2D eigenvalue weighted by molar-refractivity contribution is 9.10. The van der Waals surface area contributed by atoms with Gasteiger partial charge in [0.2, 0.25) is 0 Å². The van der Waals surface area contributed by atoms with Gasteiger partial charge in [-0.1, -0.05) is 12.5 Å². The van der Waals surface area contributed by atoms with Gasteiger partial charge in [-0.25, -0.2) is 0 Å². The molecule has 3 unspecified atom stereocenters. The van der Waals surface area contributed by atoms with Crippen molar-refractivity contribution in [2.24, 2.45) is 5.92 Å². The summed E-state index contributed by atoms with van der Waals surface area (Å²) in [6, 6.07) is 9.08. The first kappa shape index (κ1) is 14.4. The van der Waals surface area contributed by atoms with Gasteiger partial charge in [0.25, 0.3) is 0 Å². The Kier molecular flexibility index (Phi) is 4.84. The summed E-state index contributed by atoms with van der Waals surface area (Å²) in [6.45, 7) is 2.14. The zero-order valence-corrected chi connectivity index (χ0v) is 12.9. The smallest absolute Gasteiger partial charge is 0.133 e. The molecule has 0 radical (unpaired) electrons. The van der Waals surface area contributed by atoms with Crippen LogP contribution in [0.1, 0.15) is 37.8 Å². The number of ether oxygens (including phenoxy) is 1. The molecule has 1 fully saturated rings. The van der Waals surface area contributed by atoms with Crippen molar-refractivity contribution >= 4 is 15.9 Å². The van der Waals surface area contributed by atoms with Crippen LogP contribution in [0.25, 0.3) is 0 Å². The van der Waals surface area contributed by atoms with E-state index in [9.17, 15) is 0 Å². The number of methoxy groups -OCH3 is 1. The topological polar surface area (TPSA) is 45.0 Å². The van der Waals surface area contributed by atoms with Crippen LogP contribution >= 0.6 is 15.9 Å². The summed E-state index contributed by atoms with van der Waals surface area (Å²) in [4.78, 5) is 0. The SMILES string of the molecule is COc1ccc(C(C)NC2CCCC2C#N)cc1Br. The van der Waals surface area contributed by atoms with Gasteiger partial charge in [0, 0.05) is 12.1 Å². The van der Waals surface area contributed by atoms with Crippen molar-refractivity contribution in [3.8, 4) is 11.8 Å². The van der Waals surface area contributed by atoms with E-state index < -0.39 is 0 Å². The molecule has 1 aromatic carbocycles. The lowest BCUT2D eigenvalue weighted by Gasteiger charge is -2.22. The molecule has 0 saturated heterocycles. The average molecular weight is 323 g/mol. The normalized spacial score (nSPS) is 23.9. The van der Waals surface area contributed by atoms with Gasteiger partial charge in [-0.05, 0) is 53.4 Å². The maximum absolute atomic E-state index is 9.12. The molecular formula is C15H19BrN2O. The summed E-state index contributed by atoms with van der Waals surface area (Å²) in [5.74, 6) is 0.996. The Balaban J connectivity index is 2.05. The van der Waals surface area contributed by atoms with Crippen molar-refractivity contribution in [3.63, 3.8) is 0 Å². The van der Waals surface area contributed by atoms with E-state index in [1.807, 2.05) is 6.07 Å². The number of nitrogens with one attached hydrogen (secondary N) is 1. The van der Waals surface area contributed by atoms with Crippen molar-refractivity contribution in [3.05, 3.63) is 28.2 Å². The van der Waals surface area contributed by atoms with E-state index in [0.29, 0.717) is 6.04 Å². The maximum Gasteiger partial charge on any atom is 0.133 e. The zero-order valence-electron chi connectivity index (χ0n) is 11.3. The predicted molar refractivity (Wildman–Crippen MR) is 79.0 cm³/mol. The van der Waals surface area contributed by atoms with Crippen LogP contribution in [-0.2, 0) is 0 Å². The van der Waals surface area contributed by atoms with Crippen molar-refractivity contribution in [1.29, 1.82) is 5.26 Å². The number of hydrogen-bond donors (Lipinski definition) is 1. The first-order valence-electron chi connectivity index (χ1n) is 6.64. The van der Waals surface area contributed by atoms with Crippen LogP contribution in [0.5, 0.6) is 5.75 Å². The van der Waals surface area contributed by atoms with Crippen LogP contribution in [0.4, 0.5) is 0 Å². The van der Waals surface area contributed by atoms with Crippen molar-refractivity contribution in [2.75, 3.05) is 7.11 Å². The molecule has 0 amide bonds. The lowest BCUT2D eigenvalue weighted by molar-refractivity contribution is 0.408. The van der Waals surface area contributed by atoms with Gasteiger partial charge in [0.15, 0.2) is 0 Å². The van der Waals surface area contributed by atoms with Gasteiger partial charge in [-0.2, -0.15) is 5.26 Å². The number of hydrogen-bond acceptors (Lipinski definition) is 3. The quantitative estimate of drug-likeness (QED) is 0.917.